The van der Waals surface area contributed by atoms with Crippen molar-refractivity contribution in [3.8, 4) is 0 Å². The highest BCUT2D eigenvalue weighted by Crippen LogP contribution is 2.17. The maximum absolute atomic E-state index is 12.0. The van der Waals surface area contributed by atoms with E-state index in [9.17, 15) is 4.79 Å². The molecule has 132 valence electrons. The smallest absolute Gasteiger partial charge is 0.240 e. The maximum Gasteiger partial charge on any atom is 0.240 e. The molecule has 0 saturated heterocycles. The van der Waals surface area contributed by atoms with Crippen molar-refractivity contribution >= 4 is 35.5 Å². The Morgan fingerprint density at radius 2 is 1.96 bits per heavy atom. The average molecular weight is 366 g/mol. The van der Waals surface area contributed by atoms with E-state index in [-0.39, 0.29) is 11.7 Å². The van der Waals surface area contributed by atoms with E-state index in [1.54, 1.807) is 6.21 Å². The standard InChI is InChI=1S/C18H18N6OS/c1-13-7-5-6-10-15(13)20-16(25)12-26-18-21-17(23-24-18)22-19-11-14-8-3-2-4-9-14/h2-11H,12H2,1H3,(H,20,25)(H2,21,22,23,24)/b19-11-. The van der Waals surface area contributed by atoms with E-state index >= 15 is 0 Å². The number of aromatic nitrogens is 3. The monoisotopic (exact) mass is 366 g/mol. The molecule has 0 fully saturated rings. The Hall–Kier alpha value is -3.13. The van der Waals surface area contributed by atoms with E-state index in [0.717, 1.165) is 16.8 Å². The molecular formula is C18H18N6OS. The molecule has 3 aromatic rings. The van der Waals surface area contributed by atoms with Gasteiger partial charge in [0.1, 0.15) is 0 Å². The number of hydrogen-bond acceptors (Lipinski definition) is 6. The fourth-order valence-corrected chi connectivity index (χ4v) is 2.70. The molecule has 26 heavy (non-hydrogen) atoms. The first kappa shape index (κ1) is 17.7. The number of aryl methyl sites for hydroxylation is 1. The molecule has 3 rings (SSSR count). The zero-order valence-corrected chi connectivity index (χ0v) is 15.0. The second-order valence-electron chi connectivity index (χ2n) is 5.40. The summed E-state index contributed by atoms with van der Waals surface area (Å²) in [5.41, 5.74) is 5.58. The molecule has 1 aromatic heterocycles. The lowest BCUT2D eigenvalue weighted by molar-refractivity contribution is -0.113. The van der Waals surface area contributed by atoms with Gasteiger partial charge in [0.15, 0.2) is 0 Å². The number of benzene rings is 2. The van der Waals surface area contributed by atoms with Crippen molar-refractivity contribution in [1.82, 2.24) is 15.2 Å². The third kappa shape index (κ3) is 5.18. The van der Waals surface area contributed by atoms with Gasteiger partial charge in [0.2, 0.25) is 17.0 Å². The zero-order valence-electron chi connectivity index (χ0n) is 14.1. The lowest BCUT2D eigenvalue weighted by Gasteiger charge is -2.06. The van der Waals surface area contributed by atoms with Crippen LogP contribution in [0.4, 0.5) is 11.6 Å². The van der Waals surface area contributed by atoms with Crippen molar-refractivity contribution in [3.05, 3.63) is 65.7 Å². The molecule has 0 atom stereocenters. The van der Waals surface area contributed by atoms with Crippen LogP contribution in [0.5, 0.6) is 0 Å². The van der Waals surface area contributed by atoms with Crippen molar-refractivity contribution in [2.45, 2.75) is 12.1 Å². The minimum Gasteiger partial charge on any atom is -0.325 e. The summed E-state index contributed by atoms with van der Waals surface area (Å²) in [5.74, 6) is 0.531. The van der Waals surface area contributed by atoms with Crippen molar-refractivity contribution in [1.29, 1.82) is 0 Å². The predicted octanol–water partition coefficient (Wildman–Crippen LogP) is 3.29. The molecular weight excluding hydrogens is 348 g/mol. The molecule has 0 unspecified atom stereocenters. The number of thioether (sulfide) groups is 1. The Morgan fingerprint density at radius 1 is 1.19 bits per heavy atom. The number of carbonyl (C=O) groups excluding carboxylic acids is 1. The van der Waals surface area contributed by atoms with Crippen LogP contribution in [0.25, 0.3) is 0 Å². The molecule has 0 radical (unpaired) electrons. The number of aromatic amines is 1. The van der Waals surface area contributed by atoms with Gasteiger partial charge in [-0.1, -0.05) is 60.3 Å². The molecule has 2 aromatic carbocycles. The molecule has 7 nitrogen and oxygen atoms in total. The maximum atomic E-state index is 12.0. The third-order valence-electron chi connectivity index (χ3n) is 3.40. The minimum atomic E-state index is -0.106. The number of anilines is 2. The molecule has 0 aliphatic heterocycles. The number of H-pyrrole nitrogens is 1. The predicted molar refractivity (Wildman–Crippen MR) is 105 cm³/mol. The summed E-state index contributed by atoms with van der Waals surface area (Å²) in [6, 6.07) is 17.4. The van der Waals surface area contributed by atoms with E-state index in [2.05, 4.69) is 31.0 Å². The number of nitrogens with zero attached hydrogens (tertiary/aromatic N) is 3. The Balaban J connectivity index is 1.47. The summed E-state index contributed by atoms with van der Waals surface area (Å²) in [7, 11) is 0. The lowest BCUT2D eigenvalue weighted by atomic mass is 10.2. The van der Waals surface area contributed by atoms with Crippen LogP contribution in [0.3, 0.4) is 0 Å². The number of amides is 1. The van der Waals surface area contributed by atoms with Crippen molar-refractivity contribution < 1.29 is 4.79 Å². The van der Waals surface area contributed by atoms with Gasteiger partial charge >= 0.3 is 0 Å². The van der Waals surface area contributed by atoms with E-state index in [0.29, 0.717) is 11.1 Å². The Kier molecular flexibility index (Phi) is 6.00. The minimum absolute atomic E-state index is 0.106. The first-order valence-corrected chi connectivity index (χ1v) is 8.94. The van der Waals surface area contributed by atoms with Gasteiger partial charge in [-0.15, -0.1) is 5.10 Å². The lowest BCUT2D eigenvalue weighted by Crippen LogP contribution is -2.14. The first-order chi connectivity index (χ1) is 12.7. The second kappa shape index (κ2) is 8.82. The van der Waals surface area contributed by atoms with Gasteiger partial charge in [-0.05, 0) is 24.1 Å². The topological polar surface area (TPSA) is 95.1 Å². The van der Waals surface area contributed by atoms with Crippen LogP contribution in [-0.4, -0.2) is 33.1 Å². The highest BCUT2D eigenvalue weighted by molar-refractivity contribution is 7.99. The average Bonchev–Trinajstić information content (AvgIpc) is 3.11. The van der Waals surface area contributed by atoms with Crippen molar-refractivity contribution in [2.24, 2.45) is 5.10 Å². The van der Waals surface area contributed by atoms with Gasteiger partial charge < -0.3 is 5.32 Å². The second-order valence-corrected chi connectivity index (χ2v) is 6.34. The largest absolute Gasteiger partial charge is 0.325 e. The number of hydrazone groups is 1. The molecule has 0 spiro atoms. The molecule has 0 saturated carbocycles. The van der Waals surface area contributed by atoms with Gasteiger partial charge in [0.05, 0.1) is 12.0 Å². The van der Waals surface area contributed by atoms with Crippen LogP contribution >= 0.6 is 11.8 Å². The van der Waals surface area contributed by atoms with E-state index in [1.807, 2.05) is 61.5 Å². The number of hydrogen-bond donors (Lipinski definition) is 3. The van der Waals surface area contributed by atoms with Gasteiger partial charge in [-0.3, -0.25) is 4.79 Å². The molecule has 1 amide bonds. The van der Waals surface area contributed by atoms with Crippen LogP contribution < -0.4 is 10.7 Å². The number of carbonyl (C=O) groups is 1. The fraction of sp³-hybridized carbons (Fsp3) is 0.111. The van der Waals surface area contributed by atoms with Crippen LogP contribution in [-0.2, 0) is 4.79 Å². The number of para-hydroxylation sites is 1. The van der Waals surface area contributed by atoms with Crippen LogP contribution in [0, 0.1) is 6.92 Å². The molecule has 0 aliphatic carbocycles. The molecule has 3 N–H and O–H groups in total. The van der Waals surface area contributed by atoms with Gasteiger partial charge in [0.25, 0.3) is 0 Å². The normalized spacial score (nSPS) is 10.8. The SMILES string of the molecule is Cc1ccccc1NC(=O)CSc1n[nH]c(N/N=C\c2ccccc2)n1. The summed E-state index contributed by atoms with van der Waals surface area (Å²) < 4.78 is 0. The van der Waals surface area contributed by atoms with Crippen LogP contribution in [0.15, 0.2) is 64.9 Å². The van der Waals surface area contributed by atoms with Gasteiger partial charge in [-0.25, -0.2) is 10.5 Å². The van der Waals surface area contributed by atoms with Gasteiger partial charge in [0, 0.05) is 5.69 Å². The summed E-state index contributed by atoms with van der Waals surface area (Å²) in [6.07, 6.45) is 1.69. The number of nitrogens with one attached hydrogen (secondary N) is 3. The fourth-order valence-electron chi connectivity index (χ4n) is 2.10. The quantitative estimate of drug-likeness (QED) is 0.339. The van der Waals surface area contributed by atoms with Crippen molar-refractivity contribution in [2.75, 3.05) is 16.5 Å². The summed E-state index contributed by atoms with van der Waals surface area (Å²) in [6.45, 7) is 1.95. The van der Waals surface area contributed by atoms with Crippen LogP contribution in [0.2, 0.25) is 0 Å². The summed E-state index contributed by atoms with van der Waals surface area (Å²) >= 11 is 1.25. The van der Waals surface area contributed by atoms with E-state index < -0.39 is 0 Å². The summed E-state index contributed by atoms with van der Waals surface area (Å²) in [5, 5.41) is 14.2. The first-order valence-electron chi connectivity index (χ1n) is 7.95. The summed E-state index contributed by atoms with van der Waals surface area (Å²) in [4.78, 5) is 16.3. The Labute approximate surface area is 155 Å². The Morgan fingerprint density at radius 3 is 2.77 bits per heavy atom. The molecule has 1 heterocycles. The number of rotatable bonds is 7. The highest BCUT2D eigenvalue weighted by Gasteiger charge is 2.08. The van der Waals surface area contributed by atoms with Crippen LogP contribution in [0.1, 0.15) is 11.1 Å². The van der Waals surface area contributed by atoms with Gasteiger partial charge in [-0.2, -0.15) is 10.1 Å². The third-order valence-corrected chi connectivity index (χ3v) is 4.25. The molecule has 0 bridgehead atoms. The molecule has 8 heteroatoms. The van der Waals surface area contributed by atoms with E-state index in [1.165, 1.54) is 11.8 Å². The van der Waals surface area contributed by atoms with E-state index in [4.69, 9.17) is 0 Å². The van der Waals surface area contributed by atoms with Crippen molar-refractivity contribution in [3.63, 3.8) is 0 Å². The Bertz CT molecular complexity index is 893. The molecule has 0 aliphatic rings. The zero-order chi connectivity index (χ0) is 18.2. The highest BCUT2D eigenvalue weighted by atomic mass is 32.2.